The Bertz CT molecular complexity index is 647. The molecule has 2 aromatic rings. The molecule has 1 heterocycles. The molecule has 0 fully saturated rings. The van der Waals surface area contributed by atoms with E-state index < -0.39 is 5.82 Å². The number of benzene rings is 1. The number of aryl methyl sites for hydroxylation is 2. The molecule has 0 aliphatic carbocycles. The molecule has 4 heteroatoms. The third-order valence-corrected chi connectivity index (χ3v) is 2.96. The van der Waals surface area contributed by atoms with Gasteiger partial charge in [0.1, 0.15) is 0 Å². The maximum absolute atomic E-state index is 13.6. The van der Waals surface area contributed by atoms with Crippen LogP contribution in [0.1, 0.15) is 11.3 Å². The highest BCUT2D eigenvalue weighted by Crippen LogP contribution is 2.24. The molecule has 0 radical (unpaired) electrons. The predicted octanol–water partition coefficient (Wildman–Crippen LogP) is 2.81. The molecule has 0 unspecified atom stereocenters. The summed E-state index contributed by atoms with van der Waals surface area (Å²) in [5.41, 5.74) is 2.55. The van der Waals surface area contributed by atoms with Crippen LogP contribution in [0.5, 0.6) is 5.75 Å². The van der Waals surface area contributed by atoms with Crippen LogP contribution >= 0.6 is 0 Å². The summed E-state index contributed by atoms with van der Waals surface area (Å²) in [5, 5.41) is 0. The van der Waals surface area contributed by atoms with Crippen molar-refractivity contribution in [3.63, 3.8) is 0 Å². The summed E-state index contributed by atoms with van der Waals surface area (Å²) < 4.78 is 18.5. The van der Waals surface area contributed by atoms with Crippen LogP contribution in [-0.2, 0) is 0 Å². The highest BCUT2D eigenvalue weighted by atomic mass is 19.1. The van der Waals surface area contributed by atoms with Crippen molar-refractivity contribution in [2.24, 2.45) is 0 Å². The topological polar surface area (TPSA) is 42.1 Å². The first-order valence-corrected chi connectivity index (χ1v) is 5.57. The number of hydrogen-bond acceptors (Lipinski definition) is 2. The van der Waals surface area contributed by atoms with E-state index in [4.69, 9.17) is 4.74 Å². The maximum Gasteiger partial charge on any atom is 0.256 e. The largest absolute Gasteiger partial charge is 0.494 e. The number of halogens is 1. The third kappa shape index (κ3) is 2.14. The van der Waals surface area contributed by atoms with Gasteiger partial charge in [-0.25, -0.2) is 4.39 Å². The van der Waals surface area contributed by atoms with E-state index in [1.165, 1.54) is 19.2 Å². The van der Waals surface area contributed by atoms with Crippen molar-refractivity contribution in [1.82, 2.24) is 4.98 Å². The van der Waals surface area contributed by atoms with E-state index in [0.717, 1.165) is 11.3 Å². The fraction of sp³-hybridized carbons (Fsp3) is 0.214. The standard InChI is InChI=1S/C14H14FNO2/c1-8-6-11(14(17)16-9(8)2)10-4-5-13(18-3)12(15)7-10/h4-7H,1-3H3,(H,16,17). The van der Waals surface area contributed by atoms with Crippen LogP contribution in [0.15, 0.2) is 29.1 Å². The molecule has 1 aromatic heterocycles. The van der Waals surface area contributed by atoms with E-state index in [2.05, 4.69) is 4.98 Å². The van der Waals surface area contributed by atoms with Crippen LogP contribution in [-0.4, -0.2) is 12.1 Å². The van der Waals surface area contributed by atoms with E-state index in [0.29, 0.717) is 11.1 Å². The van der Waals surface area contributed by atoms with Crippen LogP contribution in [0.2, 0.25) is 0 Å². The first kappa shape index (κ1) is 12.4. The number of H-pyrrole nitrogens is 1. The van der Waals surface area contributed by atoms with Crippen molar-refractivity contribution < 1.29 is 9.13 Å². The molecule has 0 bridgehead atoms. The second-order valence-electron chi connectivity index (χ2n) is 4.17. The van der Waals surface area contributed by atoms with Crippen molar-refractivity contribution in [2.45, 2.75) is 13.8 Å². The molecular weight excluding hydrogens is 233 g/mol. The Kier molecular flexibility index (Phi) is 3.19. The average Bonchev–Trinajstić information content (AvgIpc) is 2.33. The first-order chi connectivity index (χ1) is 8.52. The molecule has 1 N–H and O–H groups in total. The van der Waals surface area contributed by atoms with Crippen molar-refractivity contribution in [3.05, 3.63) is 51.7 Å². The Morgan fingerprint density at radius 1 is 1.22 bits per heavy atom. The second-order valence-corrected chi connectivity index (χ2v) is 4.17. The van der Waals surface area contributed by atoms with Gasteiger partial charge in [-0.05, 0) is 43.2 Å². The van der Waals surface area contributed by atoms with E-state index in [1.54, 1.807) is 12.1 Å². The van der Waals surface area contributed by atoms with Gasteiger partial charge in [0.05, 0.1) is 7.11 Å². The van der Waals surface area contributed by atoms with Gasteiger partial charge in [0, 0.05) is 11.3 Å². The smallest absolute Gasteiger partial charge is 0.256 e. The molecule has 0 aliphatic heterocycles. The zero-order valence-corrected chi connectivity index (χ0v) is 10.5. The van der Waals surface area contributed by atoms with Gasteiger partial charge in [0.2, 0.25) is 0 Å². The number of hydrogen-bond donors (Lipinski definition) is 1. The van der Waals surface area contributed by atoms with Crippen LogP contribution in [0, 0.1) is 19.7 Å². The quantitative estimate of drug-likeness (QED) is 0.886. The van der Waals surface area contributed by atoms with Crippen molar-refractivity contribution in [3.8, 4) is 16.9 Å². The van der Waals surface area contributed by atoms with E-state index in [1.807, 2.05) is 13.8 Å². The SMILES string of the molecule is COc1ccc(-c2cc(C)c(C)[nH]c2=O)cc1F. The minimum Gasteiger partial charge on any atom is -0.494 e. The number of methoxy groups -OCH3 is 1. The van der Waals surface area contributed by atoms with Crippen molar-refractivity contribution >= 4 is 0 Å². The van der Waals surface area contributed by atoms with Gasteiger partial charge >= 0.3 is 0 Å². The molecule has 0 spiro atoms. The Hall–Kier alpha value is -2.10. The number of pyridine rings is 1. The Labute approximate surface area is 104 Å². The number of nitrogens with one attached hydrogen (secondary N) is 1. The molecule has 0 aliphatic rings. The molecule has 18 heavy (non-hydrogen) atoms. The fourth-order valence-corrected chi connectivity index (χ4v) is 1.77. The zero-order valence-electron chi connectivity index (χ0n) is 10.5. The van der Waals surface area contributed by atoms with Crippen LogP contribution in [0.4, 0.5) is 4.39 Å². The van der Waals surface area contributed by atoms with Gasteiger partial charge in [-0.15, -0.1) is 0 Å². The predicted molar refractivity (Wildman–Crippen MR) is 68.5 cm³/mol. The third-order valence-electron chi connectivity index (χ3n) is 2.96. The average molecular weight is 247 g/mol. The highest BCUT2D eigenvalue weighted by Gasteiger charge is 2.09. The molecule has 1 aromatic carbocycles. The number of aromatic amines is 1. The van der Waals surface area contributed by atoms with E-state index in [-0.39, 0.29) is 11.3 Å². The van der Waals surface area contributed by atoms with Gasteiger partial charge in [-0.3, -0.25) is 4.79 Å². The number of rotatable bonds is 2. The maximum atomic E-state index is 13.6. The molecule has 0 atom stereocenters. The summed E-state index contributed by atoms with van der Waals surface area (Å²) in [5.74, 6) is -0.313. The summed E-state index contributed by atoms with van der Waals surface area (Å²) in [4.78, 5) is 14.6. The summed E-state index contributed by atoms with van der Waals surface area (Å²) in [6.45, 7) is 3.73. The first-order valence-electron chi connectivity index (χ1n) is 5.57. The van der Waals surface area contributed by atoms with Gasteiger partial charge in [0.15, 0.2) is 11.6 Å². The minimum atomic E-state index is -0.479. The van der Waals surface area contributed by atoms with Gasteiger partial charge in [-0.1, -0.05) is 6.07 Å². The second kappa shape index (κ2) is 4.64. The van der Waals surface area contributed by atoms with E-state index >= 15 is 0 Å². The van der Waals surface area contributed by atoms with Crippen LogP contribution in [0.3, 0.4) is 0 Å². The van der Waals surface area contributed by atoms with Crippen LogP contribution < -0.4 is 10.3 Å². The van der Waals surface area contributed by atoms with Gasteiger partial charge in [0.25, 0.3) is 5.56 Å². The van der Waals surface area contributed by atoms with Gasteiger partial charge in [-0.2, -0.15) is 0 Å². The van der Waals surface area contributed by atoms with Crippen LogP contribution in [0.25, 0.3) is 11.1 Å². The molecule has 0 amide bonds. The summed E-state index contributed by atoms with van der Waals surface area (Å²) in [7, 11) is 1.40. The summed E-state index contributed by atoms with van der Waals surface area (Å²) in [6, 6.07) is 6.24. The summed E-state index contributed by atoms with van der Waals surface area (Å²) in [6.07, 6.45) is 0. The molecule has 3 nitrogen and oxygen atoms in total. The van der Waals surface area contributed by atoms with Crippen molar-refractivity contribution in [1.29, 1.82) is 0 Å². The lowest BCUT2D eigenvalue weighted by atomic mass is 10.0. The summed E-state index contributed by atoms with van der Waals surface area (Å²) >= 11 is 0. The lowest BCUT2D eigenvalue weighted by Gasteiger charge is -2.07. The fourth-order valence-electron chi connectivity index (χ4n) is 1.77. The number of ether oxygens (including phenoxy) is 1. The molecular formula is C14H14FNO2. The Morgan fingerprint density at radius 2 is 1.94 bits per heavy atom. The van der Waals surface area contributed by atoms with Crippen molar-refractivity contribution in [2.75, 3.05) is 7.11 Å². The van der Waals surface area contributed by atoms with Gasteiger partial charge < -0.3 is 9.72 Å². The lowest BCUT2D eigenvalue weighted by molar-refractivity contribution is 0.386. The molecule has 94 valence electrons. The van der Waals surface area contributed by atoms with E-state index in [9.17, 15) is 9.18 Å². The Morgan fingerprint density at radius 3 is 2.56 bits per heavy atom. The molecule has 2 rings (SSSR count). The highest BCUT2D eigenvalue weighted by molar-refractivity contribution is 5.64. The lowest BCUT2D eigenvalue weighted by Crippen LogP contribution is -2.11. The number of aromatic nitrogens is 1. The minimum absolute atomic E-state index is 0.166. The molecule has 0 saturated heterocycles. The molecule has 0 saturated carbocycles. The normalized spacial score (nSPS) is 10.4. The monoisotopic (exact) mass is 247 g/mol. The zero-order chi connectivity index (χ0) is 13.3. The Balaban J connectivity index is 2.59.